The van der Waals surface area contributed by atoms with Crippen LogP contribution < -0.4 is 5.73 Å². The van der Waals surface area contributed by atoms with Crippen LogP contribution in [0.15, 0.2) is 48.7 Å². The maximum atomic E-state index is 5.62. The second kappa shape index (κ2) is 5.76. The Labute approximate surface area is 108 Å². The number of hydrogen-bond donors (Lipinski definition) is 1. The molecule has 0 amide bonds. The molecular weight excluding hydrogens is 222 g/mol. The SMILES string of the molecule is CN(C)C(c1ccc(CN)cc1)c1ccccn1. The first-order valence-electron chi connectivity index (χ1n) is 6.08. The number of nitrogens with two attached hydrogens (primary N) is 1. The van der Waals surface area contributed by atoms with Gasteiger partial charge in [-0.1, -0.05) is 30.3 Å². The van der Waals surface area contributed by atoms with Crippen molar-refractivity contribution < 1.29 is 0 Å². The second-order valence-corrected chi connectivity index (χ2v) is 4.57. The predicted molar refractivity (Wildman–Crippen MR) is 74.1 cm³/mol. The Kier molecular flexibility index (Phi) is 4.07. The van der Waals surface area contributed by atoms with Crippen LogP contribution in [0.1, 0.15) is 22.9 Å². The van der Waals surface area contributed by atoms with E-state index < -0.39 is 0 Å². The summed E-state index contributed by atoms with van der Waals surface area (Å²) >= 11 is 0. The molecule has 0 saturated carbocycles. The Bertz CT molecular complexity index is 477. The highest BCUT2D eigenvalue weighted by molar-refractivity contribution is 5.30. The summed E-state index contributed by atoms with van der Waals surface area (Å²) in [5.74, 6) is 0. The van der Waals surface area contributed by atoms with Crippen molar-refractivity contribution >= 4 is 0 Å². The van der Waals surface area contributed by atoms with Gasteiger partial charge in [-0.2, -0.15) is 0 Å². The summed E-state index contributed by atoms with van der Waals surface area (Å²) in [6, 6.07) is 14.6. The van der Waals surface area contributed by atoms with Crippen molar-refractivity contribution in [1.82, 2.24) is 9.88 Å². The topological polar surface area (TPSA) is 42.1 Å². The number of aromatic nitrogens is 1. The molecule has 3 nitrogen and oxygen atoms in total. The second-order valence-electron chi connectivity index (χ2n) is 4.57. The molecule has 0 bridgehead atoms. The van der Waals surface area contributed by atoms with Crippen molar-refractivity contribution in [3.8, 4) is 0 Å². The molecule has 0 spiro atoms. The lowest BCUT2D eigenvalue weighted by Gasteiger charge is -2.24. The predicted octanol–water partition coefficient (Wildman–Crippen LogP) is 2.19. The highest BCUT2D eigenvalue weighted by Crippen LogP contribution is 2.25. The number of pyridine rings is 1. The summed E-state index contributed by atoms with van der Waals surface area (Å²) in [4.78, 5) is 6.62. The lowest BCUT2D eigenvalue weighted by molar-refractivity contribution is 0.336. The minimum Gasteiger partial charge on any atom is -0.326 e. The Morgan fingerprint density at radius 2 is 1.83 bits per heavy atom. The van der Waals surface area contributed by atoms with Crippen molar-refractivity contribution in [2.24, 2.45) is 5.73 Å². The van der Waals surface area contributed by atoms with E-state index in [0.717, 1.165) is 11.3 Å². The van der Waals surface area contributed by atoms with Gasteiger partial charge >= 0.3 is 0 Å². The fraction of sp³-hybridized carbons (Fsp3) is 0.267. The molecule has 2 aromatic rings. The van der Waals surface area contributed by atoms with Crippen LogP contribution >= 0.6 is 0 Å². The number of nitrogens with zero attached hydrogens (tertiary/aromatic N) is 2. The van der Waals surface area contributed by atoms with Gasteiger partial charge in [-0.05, 0) is 37.4 Å². The zero-order valence-electron chi connectivity index (χ0n) is 10.9. The molecule has 2 N–H and O–H groups in total. The van der Waals surface area contributed by atoms with E-state index in [2.05, 4.69) is 54.3 Å². The number of rotatable bonds is 4. The first-order valence-corrected chi connectivity index (χ1v) is 6.08. The molecule has 1 aromatic heterocycles. The molecule has 0 saturated heterocycles. The molecule has 0 fully saturated rings. The van der Waals surface area contributed by atoms with Crippen LogP contribution in [0, 0.1) is 0 Å². The molecule has 18 heavy (non-hydrogen) atoms. The van der Waals surface area contributed by atoms with E-state index in [9.17, 15) is 0 Å². The molecule has 0 aliphatic heterocycles. The monoisotopic (exact) mass is 241 g/mol. The largest absolute Gasteiger partial charge is 0.326 e. The third kappa shape index (κ3) is 2.75. The van der Waals surface area contributed by atoms with Crippen LogP contribution in [0.3, 0.4) is 0 Å². The van der Waals surface area contributed by atoms with Gasteiger partial charge < -0.3 is 5.73 Å². The normalized spacial score (nSPS) is 12.7. The van der Waals surface area contributed by atoms with Crippen LogP contribution in [0.4, 0.5) is 0 Å². The van der Waals surface area contributed by atoms with Crippen LogP contribution in [0.25, 0.3) is 0 Å². The van der Waals surface area contributed by atoms with Crippen LogP contribution in [0.5, 0.6) is 0 Å². The molecule has 1 heterocycles. The van der Waals surface area contributed by atoms with E-state index in [4.69, 9.17) is 5.73 Å². The Balaban J connectivity index is 2.36. The van der Waals surface area contributed by atoms with E-state index >= 15 is 0 Å². The van der Waals surface area contributed by atoms with E-state index in [0.29, 0.717) is 6.54 Å². The number of hydrogen-bond acceptors (Lipinski definition) is 3. The molecule has 2 rings (SSSR count). The Morgan fingerprint density at radius 3 is 2.33 bits per heavy atom. The third-order valence-corrected chi connectivity index (χ3v) is 3.02. The summed E-state index contributed by atoms with van der Waals surface area (Å²) in [6.07, 6.45) is 1.83. The van der Waals surface area contributed by atoms with Gasteiger partial charge in [-0.25, -0.2) is 0 Å². The van der Waals surface area contributed by atoms with Crippen molar-refractivity contribution in [2.75, 3.05) is 14.1 Å². The fourth-order valence-corrected chi connectivity index (χ4v) is 2.11. The molecule has 1 unspecified atom stereocenters. The lowest BCUT2D eigenvalue weighted by Crippen LogP contribution is -2.22. The quantitative estimate of drug-likeness (QED) is 0.892. The van der Waals surface area contributed by atoms with Gasteiger partial charge in [-0.15, -0.1) is 0 Å². The molecule has 1 atom stereocenters. The molecule has 0 radical (unpaired) electrons. The lowest BCUT2D eigenvalue weighted by atomic mass is 10.0. The summed E-state index contributed by atoms with van der Waals surface area (Å²) in [5.41, 5.74) is 9.07. The maximum absolute atomic E-state index is 5.62. The highest BCUT2D eigenvalue weighted by atomic mass is 15.1. The molecule has 94 valence electrons. The van der Waals surface area contributed by atoms with Crippen LogP contribution in [-0.4, -0.2) is 24.0 Å². The average Bonchev–Trinajstić information content (AvgIpc) is 2.40. The van der Waals surface area contributed by atoms with Gasteiger partial charge in [0.2, 0.25) is 0 Å². The van der Waals surface area contributed by atoms with Crippen LogP contribution in [-0.2, 0) is 6.54 Å². The zero-order chi connectivity index (χ0) is 13.0. The van der Waals surface area contributed by atoms with Crippen molar-refractivity contribution in [3.63, 3.8) is 0 Å². The fourth-order valence-electron chi connectivity index (χ4n) is 2.11. The summed E-state index contributed by atoms with van der Waals surface area (Å²) in [5, 5.41) is 0. The van der Waals surface area contributed by atoms with E-state index in [1.807, 2.05) is 18.3 Å². The Hall–Kier alpha value is -1.71. The van der Waals surface area contributed by atoms with E-state index in [1.54, 1.807) is 0 Å². The van der Waals surface area contributed by atoms with Crippen molar-refractivity contribution in [2.45, 2.75) is 12.6 Å². The number of benzene rings is 1. The van der Waals surface area contributed by atoms with Gasteiger partial charge in [0.25, 0.3) is 0 Å². The smallest absolute Gasteiger partial charge is 0.0771 e. The van der Waals surface area contributed by atoms with E-state index in [-0.39, 0.29) is 6.04 Å². The zero-order valence-corrected chi connectivity index (χ0v) is 10.9. The van der Waals surface area contributed by atoms with Gasteiger partial charge in [0.1, 0.15) is 0 Å². The third-order valence-electron chi connectivity index (χ3n) is 3.02. The highest BCUT2D eigenvalue weighted by Gasteiger charge is 2.17. The first kappa shape index (κ1) is 12.7. The minimum atomic E-state index is 0.179. The minimum absolute atomic E-state index is 0.179. The summed E-state index contributed by atoms with van der Waals surface area (Å²) in [6.45, 7) is 0.580. The summed E-state index contributed by atoms with van der Waals surface area (Å²) < 4.78 is 0. The van der Waals surface area contributed by atoms with Gasteiger partial charge in [-0.3, -0.25) is 9.88 Å². The Morgan fingerprint density at radius 1 is 1.11 bits per heavy atom. The maximum Gasteiger partial charge on any atom is 0.0771 e. The molecule has 0 aliphatic carbocycles. The van der Waals surface area contributed by atoms with Crippen LogP contribution in [0.2, 0.25) is 0 Å². The van der Waals surface area contributed by atoms with E-state index in [1.165, 1.54) is 5.56 Å². The van der Waals surface area contributed by atoms with Gasteiger partial charge in [0.05, 0.1) is 11.7 Å². The van der Waals surface area contributed by atoms with Crippen molar-refractivity contribution in [3.05, 3.63) is 65.5 Å². The molecule has 0 aliphatic rings. The molecule has 1 aromatic carbocycles. The first-order chi connectivity index (χ1) is 8.72. The average molecular weight is 241 g/mol. The summed E-state index contributed by atoms with van der Waals surface area (Å²) in [7, 11) is 4.13. The van der Waals surface area contributed by atoms with Gasteiger partial charge in [0, 0.05) is 12.7 Å². The molecular formula is C15H19N3. The van der Waals surface area contributed by atoms with Gasteiger partial charge in [0.15, 0.2) is 0 Å². The molecule has 3 heteroatoms. The van der Waals surface area contributed by atoms with Crippen molar-refractivity contribution in [1.29, 1.82) is 0 Å². The standard InChI is InChI=1S/C15H19N3/c1-18(2)15(14-5-3-4-10-17-14)13-8-6-12(11-16)7-9-13/h3-10,15H,11,16H2,1-2H3.